The van der Waals surface area contributed by atoms with Gasteiger partial charge in [0.25, 0.3) is 0 Å². The van der Waals surface area contributed by atoms with Crippen molar-refractivity contribution in [3.63, 3.8) is 0 Å². The Kier molecular flexibility index (Phi) is 5.61. The summed E-state index contributed by atoms with van der Waals surface area (Å²) in [5, 5.41) is 8.77. The summed E-state index contributed by atoms with van der Waals surface area (Å²) < 4.78 is 0. The molecule has 0 bridgehead atoms. The molecular formula is C25H28N4. The molecule has 4 heteroatoms. The van der Waals surface area contributed by atoms with Crippen molar-refractivity contribution < 1.29 is 0 Å². The molecule has 0 atom stereocenters. The van der Waals surface area contributed by atoms with Gasteiger partial charge in [-0.15, -0.1) is 0 Å². The van der Waals surface area contributed by atoms with Gasteiger partial charge in [-0.1, -0.05) is 12.1 Å². The van der Waals surface area contributed by atoms with Crippen molar-refractivity contribution in [2.24, 2.45) is 10.2 Å². The molecule has 29 heavy (non-hydrogen) atoms. The third-order valence-electron chi connectivity index (χ3n) is 5.53. The van der Waals surface area contributed by atoms with E-state index in [4.69, 9.17) is 0 Å². The van der Waals surface area contributed by atoms with Crippen LogP contribution in [0.3, 0.4) is 0 Å². The molecule has 3 aromatic rings. The zero-order valence-corrected chi connectivity index (χ0v) is 17.5. The average Bonchev–Trinajstić information content (AvgIpc) is 3.27. The second-order valence-electron chi connectivity index (χ2n) is 7.78. The minimum absolute atomic E-state index is 0.866. The third kappa shape index (κ3) is 4.48. The monoisotopic (exact) mass is 384 g/mol. The maximum atomic E-state index is 4.41. The molecular weight excluding hydrogens is 356 g/mol. The van der Waals surface area contributed by atoms with Gasteiger partial charge in [0, 0.05) is 37.2 Å². The van der Waals surface area contributed by atoms with Gasteiger partial charge in [0.2, 0.25) is 0 Å². The molecule has 0 N–H and O–H groups in total. The summed E-state index contributed by atoms with van der Waals surface area (Å²) in [6.45, 7) is 6.53. The highest BCUT2D eigenvalue weighted by molar-refractivity contribution is 5.69. The molecule has 1 heterocycles. The molecule has 1 saturated heterocycles. The van der Waals surface area contributed by atoms with Crippen LogP contribution in [-0.4, -0.2) is 20.1 Å². The Morgan fingerprint density at radius 1 is 0.793 bits per heavy atom. The molecule has 0 spiro atoms. The summed E-state index contributed by atoms with van der Waals surface area (Å²) in [5.41, 5.74) is 7.79. The van der Waals surface area contributed by atoms with Gasteiger partial charge in [-0.2, -0.15) is 10.2 Å². The Bertz CT molecular complexity index is 1000. The first-order chi connectivity index (χ1) is 14.1. The van der Waals surface area contributed by atoms with Crippen molar-refractivity contribution in [2.45, 2.75) is 26.7 Å². The number of rotatable bonds is 5. The third-order valence-corrected chi connectivity index (χ3v) is 5.53. The molecule has 0 aromatic heterocycles. The van der Waals surface area contributed by atoms with E-state index in [1.54, 1.807) is 0 Å². The predicted molar refractivity (Wildman–Crippen MR) is 122 cm³/mol. The largest absolute Gasteiger partial charge is 0.372 e. The topological polar surface area (TPSA) is 31.2 Å². The Balaban J connectivity index is 1.49. The Morgan fingerprint density at radius 3 is 2.14 bits per heavy atom. The van der Waals surface area contributed by atoms with E-state index in [1.807, 2.05) is 24.3 Å². The quantitative estimate of drug-likeness (QED) is 0.440. The summed E-state index contributed by atoms with van der Waals surface area (Å²) in [6.07, 6.45) is 2.60. The summed E-state index contributed by atoms with van der Waals surface area (Å²) in [6, 6.07) is 23.2. The standard InChI is InChI=1S/C25H28N4/c1-19-7-6-8-21(17-19)26-27-22-9-14-25(20(2)18-22)28(3)23-10-12-24(13-11-23)29-15-4-5-16-29/h6-14,17-18H,4-5,15-16H2,1-3H3/b27-26+. The van der Waals surface area contributed by atoms with Gasteiger partial charge in [-0.25, -0.2) is 0 Å². The zero-order chi connectivity index (χ0) is 20.2. The second-order valence-corrected chi connectivity index (χ2v) is 7.78. The lowest BCUT2D eigenvalue weighted by atomic mass is 10.1. The van der Waals surface area contributed by atoms with E-state index < -0.39 is 0 Å². The van der Waals surface area contributed by atoms with Crippen LogP contribution in [0.25, 0.3) is 0 Å². The highest BCUT2D eigenvalue weighted by atomic mass is 15.1. The molecule has 3 aromatic carbocycles. The highest BCUT2D eigenvalue weighted by Crippen LogP contribution is 2.32. The molecule has 1 aliphatic heterocycles. The SMILES string of the molecule is Cc1cccc(/N=N/c2ccc(N(C)c3ccc(N4CCCC4)cc3)c(C)c2)c1. The molecule has 0 unspecified atom stereocenters. The average molecular weight is 385 g/mol. The fourth-order valence-corrected chi connectivity index (χ4v) is 3.89. The summed E-state index contributed by atoms with van der Waals surface area (Å²) in [4.78, 5) is 4.69. The van der Waals surface area contributed by atoms with E-state index >= 15 is 0 Å². The molecule has 1 aliphatic rings. The van der Waals surface area contributed by atoms with Gasteiger partial charge in [0.15, 0.2) is 0 Å². The van der Waals surface area contributed by atoms with Crippen LogP contribution in [0, 0.1) is 13.8 Å². The molecule has 0 radical (unpaired) electrons. The lowest BCUT2D eigenvalue weighted by molar-refractivity contribution is 0.949. The van der Waals surface area contributed by atoms with Gasteiger partial charge < -0.3 is 9.80 Å². The van der Waals surface area contributed by atoms with E-state index in [2.05, 4.69) is 83.4 Å². The Hall–Kier alpha value is -3.14. The van der Waals surface area contributed by atoms with E-state index in [1.165, 1.54) is 54.1 Å². The van der Waals surface area contributed by atoms with Gasteiger partial charge in [0.05, 0.1) is 11.4 Å². The lowest BCUT2D eigenvalue weighted by Gasteiger charge is -2.23. The number of benzene rings is 3. The summed E-state index contributed by atoms with van der Waals surface area (Å²) in [7, 11) is 2.11. The van der Waals surface area contributed by atoms with Crippen molar-refractivity contribution in [3.05, 3.63) is 77.9 Å². The number of hydrogen-bond acceptors (Lipinski definition) is 4. The smallest absolute Gasteiger partial charge is 0.0861 e. The van der Waals surface area contributed by atoms with Crippen LogP contribution >= 0.6 is 0 Å². The van der Waals surface area contributed by atoms with E-state index in [9.17, 15) is 0 Å². The van der Waals surface area contributed by atoms with Crippen LogP contribution in [0.4, 0.5) is 28.4 Å². The first-order valence-electron chi connectivity index (χ1n) is 10.3. The Morgan fingerprint density at radius 2 is 1.48 bits per heavy atom. The predicted octanol–water partition coefficient (Wildman–Crippen LogP) is 7.09. The zero-order valence-electron chi connectivity index (χ0n) is 17.5. The molecule has 1 fully saturated rings. The van der Waals surface area contributed by atoms with Crippen molar-refractivity contribution in [1.29, 1.82) is 0 Å². The maximum Gasteiger partial charge on any atom is 0.0861 e. The van der Waals surface area contributed by atoms with E-state index in [0.717, 1.165) is 11.4 Å². The summed E-state index contributed by atoms with van der Waals surface area (Å²) >= 11 is 0. The van der Waals surface area contributed by atoms with Crippen molar-refractivity contribution in [3.8, 4) is 0 Å². The molecule has 0 aliphatic carbocycles. The molecule has 0 saturated carbocycles. The molecule has 4 nitrogen and oxygen atoms in total. The fourth-order valence-electron chi connectivity index (χ4n) is 3.89. The highest BCUT2D eigenvalue weighted by Gasteiger charge is 2.13. The van der Waals surface area contributed by atoms with Gasteiger partial charge in [-0.3, -0.25) is 0 Å². The molecule has 0 amide bonds. The van der Waals surface area contributed by atoms with Crippen LogP contribution in [-0.2, 0) is 0 Å². The number of nitrogens with zero attached hydrogens (tertiary/aromatic N) is 4. The number of azo groups is 1. The summed E-state index contributed by atoms with van der Waals surface area (Å²) in [5.74, 6) is 0. The van der Waals surface area contributed by atoms with Gasteiger partial charge in [-0.05, 0) is 92.4 Å². The van der Waals surface area contributed by atoms with Gasteiger partial charge in [0.1, 0.15) is 0 Å². The number of hydrogen-bond donors (Lipinski definition) is 0. The van der Waals surface area contributed by atoms with Crippen molar-refractivity contribution in [1.82, 2.24) is 0 Å². The minimum Gasteiger partial charge on any atom is -0.372 e. The minimum atomic E-state index is 0.866. The number of anilines is 3. The molecule has 4 rings (SSSR count). The normalized spacial score (nSPS) is 14.0. The second kappa shape index (κ2) is 8.48. The van der Waals surface area contributed by atoms with Crippen LogP contribution in [0.1, 0.15) is 24.0 Å². The lowest BCUT2D eigenvalue weighted by Crippen LogP contribution is -2.17. The maximum absolute atomic E-state index is 4.41. The van der Waals surface area contributed by atoms with Crippen LogP contribution in [0.15, 0.2) is 77.0 Å². The van der Waals surface area contributed by atoms with E-state index in [0.29, 0.717) is 0 Å². The fraction of sp³-hybridized carbons (Fsp3) is 0.280. The number of aryl methyl sites for hydroxylation is 2. The van der Waals surface area contributed by atoms with Crippen molar-refractivity contribution in [2.75, 3.05) is 29.9 Å². The Labute approximate surface area is 173 Å². The first kappa shape index (κ1) is 19.2. The van der Waals surface area contributed by atoms with Crippen LogP contribution in [0.2, 0.25) is 0 Å². The van der Waals surface area contributed by atoms with Crippen molar-refractivity contribution >= 4 is 28.4 Å². The first-order valence-corrected chi connectivity index (χ1v) is 10.3. The molecule has 148 valence electrons. The van der Waals surface area contributed by atoms with E-state index in [-0.39, 0.29) is 0 Å². The van der Waals surface area contributed by atoms with Crippen LogP contribution < -0.4 is 9.80 Å². The van der Waals surface area contributed by atoms with Crippen LogP contribution in [0.5, 0.6) is 0 Å². The van der Waals surface area contributed by atoms with Gasteiger partial charge >= 0.3 is 0 Å².